The first kappa shape index (κ1) is 22.1. The van der Waals surface area contributed by atoms with Crippen molar-refractivity contribution in [3.63, 3.8) is 0 Å². The fourth-order valence-electron chi connectivity index (χ4n) is 3.31. The first-order valence-corrected chi connectivity index (χ1v) is 13.4. The molecular formula is C21H22BrN3O2S3. The van der Waals surface area contributed by atoms with Gasteiger partial charge in [0.25, 0.3) is 0 Å². The number of thioether (sulfide) groups is 2. The van der Waals surface area contributed by atoms with Crippen molar-refractivity contribution in [3.8, 4) is 0 Å². The van der Waals surface area contributed by atoms with Crippen LogP contribution >= 0.6 is 50.8 Å². The standard InChI is InChI=1S/C21H22BrN3O2S3/c1-4-21(2)9-14-15(10-27-21)30-19-17(14)18(24-20(25-19)28-3)29-11-16(26)23-13-7-5-12(22)6-8-13/h5-8H,4,9-11H2,1-3H3,(H,23,26). The van der Waals surface area contributed by atoms with Gasteiger partial charge in [0, 0.05) is 26.8 Å². The molecule has 0 saturated carbocycles. The quantitative estimate of drug-likeness (QED) is 0.237. The number of amides is 1. The first-order chi connectivity index (χ1) is 14.4. The zero-order chi connectivity index (χ0) is 21.3. The van der Waals surface area contributed by atoms with Crippen molar-refractivity contribution in [2.24, 2.45) is 0 Å². The number of hydrogen-bond donors (Lipinski definition) is 1. The molecule has 0 saturated heterocycles. The van der Waals surface area contributed by atoms with E-state index >= 15 is 0 Å². The van der Waals surface area contributed by atoms with Crippen LogP contribution in [0.25, 0.3) is 10.2 Å². The van der Waals surface area contributed by atoms with Gasteiger partial charge in [-0.25, -0.2) is 9.97 Å². The average molecular weight is 525 g/mol. The minimum atomic E-state index is -0.167. The summed E-state index contributed by atoms with van der Waals surface area (Å²) in [5, 5.41) is 5.66. The van der Waals surface area contributed by atoms with E-state index < -0.39 is 0 Å². The average Bonchev–Trinajstić information content (AvgIpc) is 3.11. The number of carbonyl (C=O) groups excluding carboxylic acids is 1. The van der Waals surface area contributed by atoms with Crippen LogP contribution in [-0.4, -0.2) is 33.5 Å². The predicted molar refractivity (Wildman–Crippen MR) is 130 cm³/mol. The van der Waals surface area contributed by atoms with Gasteiger partial charge < -0.3 is 10.1 Å². The van der Waals surface area contributed by atoms with Crippen molar-refractivity contribution < 1.29 is 9.53 Å². The molecule has 0 fully saturated rings. The lowest BCUT2D eigenvalue weighted by Crippen LogP contribution is -2.33. The predicted octanol–water partition coefficient (Wildman–Crippen LogP) is 6.15. The van der Waals surface area contributed by atoms with Gasteiger partial charge in [-0.3, -0.25) is 4.79 Å². The number of aromatic nitrogens is 2. The molecule has 2 aromatic heterocycles. The van der Waals surface area contributed by atoms with E-state index in [0.29, 0.717) is 12.4 Å². The number of hydrogen-bond acceptors (Lipinski definition) is 7. The topological polar surface area (TPSA) is 64.1 Å². The molecule has 9 heteroatoms. The van der Waals surface area contributed by atoms with Crippen molar-refractivity contribution in [1.82, 2.24) is 9.97 Å². The molecule has 4 rings (SSSR count). The summed E-state index contributed by atoms with van der Waals surface area (Å²) in [7, 11) is 0. The van der Waals surface area contributed by atoms with Gasteiger partial charge in [-0.1, -0.05) is 46.4 Å². The van der Waals surface area contributed by atoms with E-state index in [1.165, 1.54) is 34.0 Å². The van der Waals surface area contributed by atoms with Crippen LogP contribution in [0, 0.1) is 0 Å². The molecule has 1 aliphatic rings. The third-order valence-electron chi connectivity index (χ3n) is 5.18. The second-order valence-corrected chi connectivity index (χ2v) is 11.0. The lowest BCUT2D eigenvalue weighted by Gasteiger charge is -2.33. The van der Waals surface area contributed by atoms with Crippen molar-refractivity contribution in [2.45, 2.75) is 49.1 Å². The highest BCUT2D eigenvalue weighted by atomic mass is 79.9. The van der Waals surface area contributed by atoms with Gasteiger partial charge in [0.15, 0.2) is 5.16 Å². The van der Waals surface area contributed by atoms with E-state index in [1.54, 1.807) is 11.3 Å². The molecule has 5 nitrogen and oxygen atoms in total. The number of ether oxygens (including phenoxy) is 1. The molecule has 3 heterocycles. The molecule has 0 bridgehead atoms. The SMILES string of the molecule is CCC1(C)Cc2c(sc3nc(SC)nc(SCC(=O)Nc4ccc(Br)cc4)c23)CO1. The number of carbonyl (C=O) groups is 1. The van der Waals surface area contributed by atoms with Crippen LogP contribution in [0.1, 0.15) is 30.7 Å². The van der Waals surface area contributed by atoms with E-state index in [2.05, 4.69) is 35.1 Å². The Kier molecular flexibility index (Phi) is 6.74. The largest absolute Gasteiger partial charge is 0.369 e. The Morgan fingerprint density at radius 3 is 2.80 bits per heavy atom. The molecule has 1 aromatic carbocycles. The van der Waals surface area contributed by atoms with Crippen molar-refractivity contribution >= 4 is 72.6 Å². The number of benzene rings is 1. The highest BCUT2D eigenvalue weighted by molar-refractivity contribution is 9.10. The Balaban J connectivity index is 1.60. The van der Waals surface area contributed by atoms with Gasteiger partial charge in [0.05, 0.1) is 18.0 Å². The van der Waals surface area contributed by atoms with Gasteiger partial charge in [-0.15, -0.1) is 11.3 Å². The number of rotatable bonds is 6. The Labute approximate surface area is 196 Å². The lowest BCUT2D eigenvalue weighted by molar-refractivity contribution is -0.113. The molecule has 1 atom stereocenters. The van der Waals surface area contributed by atoms with Crippen LogP contribution in [0.15, 0.2) is 38.9 Å². The number of fused-ring (bicyclic) bond motifs is 3. The Morgan fingerprint density at radius 2 is 2.10 bits per heavy atom. The summed E-state index contributed by atoms with van der Waals surface area (Å²) in [5.41, 5.74) is 1.90. The minimum absolute atomic E-state index is 0.0504. The van der Waals surface area contributed by atoms with Gasteiger partial charge in [0.2, 0.25) is 5.91 Å². The van der Waals surface area contributed by atoms with E-state index in [-0.39, 0.29) is 11.5 Å². The molecular weight excluding hydrogens is 502 g/mol. The zero-order valence-electron chi connectivity index (χ0n) is 17.0. The van der Waals surface area contributed by atoms with Crippen LogP contribution in [0.2, 0.25) is 0 Å². The van der Waals surface area contributed by atoms with Crippen LogP contribution in [0.4, 0.5) is 5.69 Å². The molecule has 1 amide bonds. The van der Waals surface area contributed by atoms with Crippen LogP contribution in [0.3, 0.4) is 0 Å². The summed E-state index contributed by atoms with van der Waals surface area (Å²) in [5.74, 6) is 0.243. The van der Waals surface area contributed by atoms with E-state index in [4.69, 9.17) is 14.7 Å². The van der Waals surface area contributed by atoms with Crippen LogP contribution < -0.4 is 5.32 Å². The number of thiophene rings is 1. The van der Waals surface area contributed by atoms with Gasteiger partial charge in [-0.05, 0) is 49.4 Å². The third-order valence-corrected chi connectivity index (χ3v) is 8.33. The second kappa shape index (κ2) is 9.16. The summed E-state index contributed by atoms with van der Waals surface area (Å²) in [6.07, 6.45) is 3.77. The second-order valence-electron chi connectivity index (χ2n) is 7.31. The van der Waals surface area contributed by atoms with Crippen molar-refractivity contribution in [1.29, 1.82) is 0 Å². The summed E-state index contributed by atoms with van der Waals surface area (Å²) in [4.78, 5) is 24.2. The Bertz CT molecular complexity index is 1090. The molecule has 1 aliphatic heterocycles. The smallest absolute Gasteiger partial charge is 0.234 e. The maximum Gasteiger partial charge on any atom is 0.234 e. The van der Waals surface area contributed by atoms with Gasteiger partial charge in [-0.2, -0.15) is 0 Å². The minimum Gasteiger partial charge on any atom is -0.369 e. The molecule has 0 radical (unpaired) electrons. The maximum absolute atomic E-state index is 12.5. The zero-order valence-corrected chi connectivity index (χ0v) is 21.0. The van der Waals surface area contributed by atoms with Crippen LogP contribution in [0.5, 0.6) is 0 Å². The molecule has 30 heavy (non-hydrogen) atoms. The molecule has 0 aliphatic carbocycles. The number of nitrogens with one attached hydrogen (secondary N) is 1. The third kappa shape index (κ3) is 4.70. The fourth-order valence-corrected chi connectivity index (χ4v) is 6.07. The summed E-state index contributed by atoms with van der Waals surface area (Å²) in [6, 6.07) is 7.57. The molecule has 1 N–H and O–H groups in total. The Morgan fingerprint density at radius 1 is 1.33 bits per heavy atom. The Hall–Kier alpha value is -1.13. The monoisotopic (exact) mass is 523 g/mol. The highest BCUT2D eigenvalue weighted by Gasteiger charge is 2.33. The normalized spacial score (nSPS) is 18.4. The summed E-state index contributed by atoms with van der Waals surface area (Å²) < 4.78 is 7.10. The number of nitrogens with zero attached hydrogens (tertiary/aromatic N) is 2. The molecule has 1 unspecified atom stereocenters. The molecule has 3 aromatic rings. The number of halogens is 1. The van der Waals surface area contributed by atoms with E-state index in [0.717, 1.165) is 43.4 Å². The molecule has 158 valence electrons. The van der Waals surface area contributed by atoms with Crippen molar-refractivity contribution in [3.05, 3.63) is 39.2 Å². The van der Waals surface area contributed by atoms with Gasteiger partial charge in [0.1, 0.15) is 9.86 Å². The number of anilines is 1. The first-order valence-electron chi connectivity index (χ1n) is 9.59. The van der Waals surface area contributed by atoms with Crippen molar-refractivity contribution in [2.75, 3.05) is 17.3 Å². The maximum atomic E-state index is 12.5. The van der Waals surface area contributed by atoms with E-state index in [9.17, 15) is 4.79 Å². The van der Waals surface area contributed by atoms with Crippen LogP contribution in [-0.2, 0) is 22.6 Å². The lowest BCUT2D eigenvalue weighted by atomic mass is 9.90. The summed E-state index contributed by atoms with van der Waals surface area (Å²) in [6.45, 7) is 4.93. The van der Waals surface area contributed by atoms with Gasteiger partial charge >= 0.3 is 0 Å². The molecule has 0 spiro atoms. The van der Waals surface area contributed by atoms with E-state index in [1.807, 2.05) is 30.5 Å². The highest BCUT2D eigenvalue weighted by Crippen LogP contribution is 2.43. The fraction of sp³-hybridized carbons (Fsp3) is 0.381. The summed E-state index contributed by atoms with van der Waals surface area (Å²) >= 11 is 8.09.